The molecule has 0 fully saturated rings. The molecule has 0 saturated carbocycles. The van der Waals surface area contributed by atoms with Gasteiger partial charge in [-0.15, -0.1) is 0 Å². The van der Waals surface area contributed by atoms with E-state index in [2.05, 4.69) is 161 Å². The first-order valence-electron chi connectivity index (χ1n) is 20.2. The predicted octanol–water partition coefficient (Wildman–Crippen LogP) is 11.8. The zero-order chi connectivity index (χ0) is 35.3. The number of nitrogens with zero attached hydrogens (tertiary/aromatic N) is 2. The lowest BCUT2D eigenvalue weighted by Gasteiger charge is -2.37. The minimum atomic E-state index is 0.360. The van der Waals surface area contributed by atoms with Crippen LogP contribution >= 0.6 is 0 Å². The molecule has 0 spiro atoms. The fourth-order valence-corrected chi connectivity index (χ4v) is 10.9. The first-order valence-corrected chi connectivity index (χ1v) is 20.2. The molecule has 12 rings (SSSR count). The molecular formula is C52H42N2. The highest BCUT2D eigenvalue weighted by Crippen LogP contribution is 2.48. The highest BCUT2D eigenvalue weighted by atomic mass is 15.0. The second-order valence-electron chi connectivity index (χ2n) is 16.1. The van der Waals surface area contributed by atoms with Crippen LogP contribution in [0.25, 0.3) is 71.7 Å². The van der Waals surface area contributed by atoms with Crippen molar-refractivity contribution in [3.8, 4) is 11.1 Å². The summed E-state index contributed by atoms with van der Waals surface area (Å²) in [7, 11) is 0. The van der Waals surface area contributed by atoms with Crippen LogP contribution in [0, 0.1) is 17.8 Å². The standard InChI is InChI=1S/C52H42N2/c1-3-15-37-35(13-1)31-51(41-19-7-5-17-39(37)41)53-47-23-11-9-21-43(47)45-29-33(25-27-49(45)53)34-26-28-50-46(30-34)44-22-10-12-24-48(44)54(50)52-32-36-14-2-4-16-38(36)40-18-6-8-20-42(40)52/h3,5-12,15,17-30,32,35,40,42H,1-2,4,13-14,16,31H2. The second kappa shape index (κ2) is 11.8. The van der Waals surface area contributed by atoms with Crippen molar-refractivity contribution in [1.82, 2.24) is 9.13 Å². The molecule has 2 heteroatoms. The monoisotopic (exact) mass is 694 g/mol. The van der Waals surface area contributed by atoms with E-state index in [1.165, 1.54) is 114 Å². The first-order chi connectivity index (χ1) is 26.8. The Morgan fingerprint density at radius 2 is 1.19 bits per heavy atom. The molecule has 0 saturated heterocycles. The van der Waals surface area contributed by atoms with Crippen molar-refractivity contribution in [3.05, 3.63) is 173 Å². The zero-order valence-corrected chi connectivity index (χ0v) is 30.5. The number of allylic oxidation sites excluding steroid dienone is 10. The summed E-state index contributed by atoms with van der Waals surface area (Å²) in [5, 5.41) is 8.07. The Balaban J connectivity index is 1.04. The van der Waals surface area contributed by atoms with Gasteiger partial charge in [-0.1, -0.05) is 115 Å². The van der Waals surface area contributed by atoms with E-state index in [1.54, 1.807) is 11.1 Å². The lowest BCUT2D eigenvalue weighted by Crippen LogP contribution is -2.37. The summed E-state index contributed by atoms with van der Waals surface area (Å²) in [5.74, 6) is 1.39. The predicted molar refractivity (Wildman–Crippen MR) is 227 cm³/mol. The van der Waals surface area contributed by atoms with E-state index in [1.807, 2.05) is 0 Å². The van der Waals surface area contributed by atoms with E-state index in [-0.39, 0.29) is 0 Å². The molecule has 5 aliphatic rings. The van der Waals surface area contributed by atoms with Crippen LogP contribution in [0.5, 0.6) is 0 Å². The van der Waals surface area contributed by atoms with E-state index in [0.29, 0.717) is 17.8 Å². The SMILES string of the molecule is C1=CC2C(n3c4ccccc4c4cc(-c5ccc6c(c5)c5ccccc5n6C5=c6ccccc6=C6C=CCCC6C5)ccc43)=CC3=C(CCCC3)C2C=C1. The molecule has 2 heterocycles. The van der Waals surface area contributed by atoms with E-state index in [9.17, 15) is 0 Å². The summed E-state index contributed by atoms with van der Waals surface area (Å²) >= 11 is 0. The quantitative estimate of drug-likeness (QED) is 0.174. The summed E-state index contributed by atoms with van der Waals surface area (Å²) in [5.41, 5.74) is 15.3. The van der Waals surface area contributed by atoms with Crippen LogP contribution in [0.2, 0.25) is 0 Å². The smallest absolute Gasteiger partial charge is 0.0538 e. The summed E-state index contributed by atoms with van der Waals surface area (Å²) in [6, 6.07) is 41.6. The third kappa shape index (κ3) is 4.40. The van der Waals surface area contributed by atoms with Gasteiger partial charge in [0.15, 0.2) is 0 Å². The fourth-order valence-electron chi connectivity index (χ4n) is 10.9. The van der Waals surface area contributed by atoms with Gasteiger partial charge in [-0.2, -0.15) is 0 Å². The summed E-state index contributed by atoms with van der Waals surface area (Å²) < 4.78 is 5.18. The molecule has 0 N–H and O–H groups in total. The number of aromatic nitrogens is 2. The molecule has 2 aromatic heterocycles. The van der Waals surface area contributed by atoms with Crippen molar-refractivity contribution in [3.63, 3.8) is 0 Å². The summed E-state index contributed by atoms with van der Waals surface area (Å²) in [6.45, 7) is 0. The topological polar surface area (TPSA) is 9.86 Å². The molecule has 3 unspecified atom stereocenters. The molecule has 0 amide bonds. The van der Waals surface area contributed by atoms with Crippen LogP contribution in [0.3, 0.4) is 0 Å². The molecule has 2 nitrogen and oxygen atoms in total. The van der Waals surface area contributed by atoms with Gasteiger partial charge < -0.3 is 9.13 Å². The molecular weight excluding hydrogens is 653 g/mol. The van der Waals surface area contributed by atoms with Crippen LogP contribution in [0.1, 0.15) is 44.9 Å². The van der Waals surface area contributed by atoms with Crippen molar-refractivity contribution in [1.29, 1.82) is 0 Å². The molecule has 54 heavy (non-hydrogen) atoms. The van der Waals surface area contributed by atoms with E-state index < -0.39 is 0 Å². The van der Waals surface area contributed by atoms with Gasteiger partial charge in [-0.3, -0.25) is 0 Å². The van der Waals surface area contributed by atoms with Crippen LogP contribution in [0.15, 0.2) is 163 Å². The molecule has 5 aromatic carbocycles. The number of hydrogen-bond acceptors (Lipinski definition) is 0. The van der Waals surface area contributed by atoms with Gasteiger partial charge in [0.05, 0.1) is 22.1 Å². The molecule has 3 atom stereocenters. The minimum Gasteiger partial charge on any atom is -0.312 e. The van der Waals surface area contributed by atoms with Crippen LogP contribution in [-0.2, 0) is 0 Å². The van der Waals surface area contributed by atoms with Crippen molar-refractivity contribution in [2.75, 3.05) is 0 Å². The normalized spacial score (nSPS) is 21.9. The van der Waals surface area contributed by atoms with Crippen molar-refractivity contribution < 1.29 is 0 Å². The lowest BCUT2D eigenvalue weighted by atomic mass is 9.71. The highest BCUT2D eigenvalue weighted by molar-refractivity contribution is 6.13. The van der Waals surface area contributed by atoms with E-state index in [4.69, 9.17) is 0 Å². The Morgan fingerprint density at radius 1 is 0.556 bits per heavy atom. The number of rotatable bonds is 3. The summed E-state index contributed by atoms with van der Waals surface area (Å²) in [6.07, 6.45) is 25.3. The number of benzene rings is 5. The maximum absolute atomic E-state index is 2.59. The zero-order valence-electron chi connectivity index (χ0n) is 30.5. The van der Waals surface area contributed by atoms with Gasteiger partial charge >= 0.3 is 0 Å². The molecule has 7 aromatic rings. The largest absolute Gasteiger partial charge is 0.312 e. The third-order valence-electron chi connectivity index (χ3n) is 13.4. The Labute approximate surface area is 315 Å². The third-order valence-corrected chi connectivity index (χ3v) is 13.4. The Bertz CT molecular complexity index is 3040. The fraction of sp³-hybridized carbons (Fsp3) is 0.192. The van der Waals surface area contributed by atoms with Crippen molar-refractivity contribution in [2.45, 2.75) is 44.9 Å². The van der Waals surface area contributed by atoms with Crippen molar-refractivity contribution >= 4 is 60.6 Å². The minimum absolute atomic E-state index is 0.360. The van der Waals surface area contributed by atoms with Crippen LogP contribution in [-0.4, -0.2) is 9.13 Å². The molecule has 0 radical (unpaired) electrons. The number of fused-ring (bicyclic) bond motifs is 10. The van der Waals surface area contributed by atoms with Crippen LogP contribution in [0.4, 0.5) is 0 Å². The van der Waals surface area contributed by atoms with Gasteiger partial charge in [0, 0.05) is 50.0 Å². The number of hydrogen-bond donors (Lipinski definition) is 0. The molecule has 260 valence electrons. The molecule has 0 aliphatic heterocycles. The lowest BCUT2D eigenvalue weighted by molar-refractivity contribution is 0.542. The van der Waals surface area contributed by atoms with E-state index in [0.717, 1.165) is 12.8 Å². The average Bonchev–Trinajstić information content (AvgIpc) is 3.75. The average molecular weight is 695 g/mol. The van der Waals surface area contributed by atoms with Crippen LogP contribution < -0.4 is 10.4 Å². The number of para-hydroxylation sites is 2. The summed E-state index contributed by atoms with van der Waals surface area (Å²) in [4.78, 5) is 0. The maximum atomic E-state index is 2.59. The Hall–Kier alpha value is -5.86. The molecule has 0 bridgehead atoms. The van der Waals surface area contributed by atoms with Gasteiger partial charge in [0.1, 0.15) is 0 Å². The maximum Gasteiger partial charge on any atom is 0.0538 e. The van der Waals surface area contributed by atoms with Gasteiger partial charge in [0.25, 0.3) is 0 Å². The Kier molecular flexibility index (Phi) is 6.70. The Morgan fingerprint density at radius 3 is 1.96 bits per heavy atom. The van der Waals surface area contributed by atoms with Gasteiger partial charge in [-0.05, 0) is 121 Å². The van der Waals surface area contributed by atoms with Gasteiger partial charge in [-0.25, -0.2) is 0 Å². The molecule has 5 aliphatic carbocycles. The second-order valence-corrected chi connectivity index (χ2v) is 16.1. The van der Waals surface area contributed by atoms with Gasteiger partial charge in [0.2, 0.25) is 0 Å². The van der Waals surface area contributed by atoms with Crippen molar-refractivity contribution in [2.24, 2.45) is 17.8 Å². The van der Waals surface area contributed by atoms with E-state index >= 15 is 0 Å². The highest BCUT2D eigenvalue weighted by Gasteiger charge is 2.34. The first kappa shape index (κ1) is 30.6.